The van der Waals surface area contributed by atoms with Crippen LogP contribution in [0.3, 0.4) is 0 Å². The summed E-state index contributed by atoms with van der Waals surface area (Å²) in [6.45, 7) is 0.144. The van der Waals surface area contributed by atoms with Crippen LogP contribution in [-0.4, -0.2) is 18.5 Å². The number of para-hydroxylation sites is 1. The van der Waals surface area contributed by atoms with E-state index in [1.165, 1.54) is 6.26 Å². The quantitative estimate of drug-likeness (QED) is 0.494. The van der Waals surface area contributed by atoms with Gasteiger partial charge in [0.25, 0.3) is 5.90 Å². The van der Waals surface area contributed by atoms with Crippen molar-refractivity contribution in [2.24, 2.45) is 4.99 Å². The second kappa shape index (κ2) is 6.02. The highest BCUT2D eigenvalue weighted by Gasteiger charge is 2.26. The van der Waals surface area contributed by atoms with Crippen LogP contribution in [0.15, 0.2) is 57.8 Å². The Morgan fingerprint density at radius 2 is 2.14 bits per heavy atom. The Bertz CT molecular complexity index is 794. The first-order valence-electron chi connectivity index (χ1n) is 6.49. The van der Waals surface area contributed by atoms with Crippen molar-refractivity contribution in [2.75, 3.05) is 6.61 Å². The Kier molecular flexibility index (Phi) is 3.75. The number of cyclic esters (lactones) is 1. The van der Waals surface area contributed by atoms with Crippen molar-refractivity contribution in [1.82, 2.24) is 0 Å². The number of rotatable bonds is 4. The Morgan fingerprint density at radius 3 is 2.91 bits per heavy atom. The molecule has 2 aromatic rings. The number of hydrogen-bond donors (Lipinski definition) is 0. The summed E-state index contributed by atoms with van der Waals surface area (Å²) >= 11 is 0. The molecule has 0 unspecified atom stereocenters. The molecule has 22 heavy (non-hydrogen) atoms. The molecule has 108 valence electrons. The zero-order valence-corrected chi connectivity index (χ0v) is 11.5. The molecule has 5 nitrogen and oxygen atoms in total. The largest absolute Gasteiger partial charge is 0.480 e. The Hall–Kier alpha value is -3.26. The predicted molar refractivity (Wildman–Crippen MR) is 80.1 cm³/mol. The van der Waals surface area contributed by atoms with Gasteiger partial charge >= 0.3 is 5.97 Å². The van der Waals surface area contributed by atoms with Crippen molar-refractivity contribution in [2.45, 2.75) is 0 Å². The molecule has 0 spiro atoms. The summed E-state index contributed by atoms with van der Waals surface area (Å²) in [5.41, 5.74) is 0.859. The van der Waals surface area contributed by atoms with Crippen LogP contribution >= 0.6 is 0 Å². The van der Waals surface area contributed by atoms with Crippen LogP contribution in [-0.2, 0) is 9.53 Å². The highest BCUT2D eigenvalue weighted by atomic mass is 16.6. The van der Waals surface area contributed by atoms with E-state index in [0.717, 1.165) is 0 Å². The van der Waals surface area contributed by atoms with E-state index in [2.05, 4.69) is 10.9 Å². The lowest BCUT2D eigenvalue weighted by atomic mass is 10.1. The number of aliphatic imine (C=N–C) groups is 1. The van der Waals surface area contributed by atoms with Gasteiger partial charge in [0.15, 0.2) is 11.5 Å². The van der Waals surface area contributed by atoms with Crippen molar-refractivity contribution < 1.29 is 18.7 Å². The molecule has 0 bridgehead atoms. The van der Waals surface area contributed by atoms with Gasteiger partial charge in [-0.3, -0.25) is 0 Å². The molecule has 0 amide bonds. The SMILES string of the molecule is C#CCOc1ccccc1/C=C1/N=C(c2ccco2)OC1=O. The summed E-state index contributed by atoms with van der Waals surface area (Å²) in [5.74, 6) is 2.96. The molecule has 1 aliphatic rings. The first-order chi connectivity index (χ1) is 10.8. The highest BCUT2D eigenvalue weighted by molar-refractivity contribution is 6.11. The Balaban J connectivity index is 1.92. The predicted octanol–water partition coefficient (Wildman–Crippen LogP) is 2.64. The minimum Gasteiger partial charge on any atom is -0.480 e. The summed E-state index contributed by atoms with van der Waals surface area (Å²) in [5, 5.41) is 0. The highest BCUT2D eigenvalue weighted by Crippen LogP contribution is 2.24. The van der Waals surface area contributed by atoms with Gasteiger partial charge in [0.1, 0.15) is 12.4 Å². The molecule has 0 N–H and O–H groups in total. The molecule has 0 atom stereocenters. The minimum absolute atomic E-state index is 0.142. The average Bonchev–Trinajstić information content (AvgIpc) is 3.17. The normalized spacial score (nSPS) is 15.3. The van der Waals surface area contributed by atoms with Gasteiger partial charge in [0, 0.05) is 5.56 Å². The fourth-order valence-corrected chi connectivity index (χ4v) is 1.91. The van der Waals surface area contributed by atoms with Crippen LogP contribution in [0.25, 0.3) is 6.08 Å². The average molecular weight is 293 g/mol. The van der Waals surface area contributed by atoms with E-state index in [1.807, 2.05) is 12.1 Å². The van der Waals surface area contributed by atoms with Gasteiger partial charge in [-0.05, 0) is 24.3 Å². The fourth-order valence-electron chi connectivity index (χ4n) is 1.91. The molecular formula is C17H11NO4. The first kappa shape index (κ1) is 13.7. The van der Waals surface area contributed by atoms with Crippen LogP contribution in [0.5, 0.6) is 5.75 Å². The Morgan fingerprint density at radius 1 is 1.27 bits per heavy atom. The number of benzene rings is 1. The molecular weight excluding hydrogens is 282 g/mol. The van der Waals surface area contributed by atoms with Crippen molar-refractivity contribution in [3.63, 3.8) is 0 Å². The molecule has 0 saturated heterocycles. The molecule has 5 heteroatoms. The van der Waals surface area contributed by atoms with Crippen molar-refractivity contribution in [3.05, 3.63) is 59.7 Å². The monoisotopic (exact) mass is 293 g/mol. The summed E-state index contributed by atoms with van der Waals surface area (Å²) in [4.78, 5) is 16.0. The standard InChI is InChI=1S/C17H11NO4/c1-2-9-20-14-7-4-3-6-12(14)11-13-17(19)22-16(18-13)15-8-5-10-21-15/h1,3-8,10-11H,9H2/b13-11+. The van der Waals surface area contributed by atoms with Crippen LogP contribution < -0.4 is 4.74 Å². The van der Waals surface area contributed by atoms with Gasteiger partial charge in [-0.1, -0.05) is 24.1 Å². The van der Waals surface area contributed by atoms with E-state index in [9.17, 15) is 4.79 Å². The molecule has 0 aliphatic carbocycles. The zero-order chi connectivity index (χ0) is 15.4. The number of carbonyl (C=O) groups excluding carboxylic acids is 1. The van der Waals surface area contributed by atoms with E-state index in [-0.39, 0.29) is 18.2 Å². The number of esters is 1. The molecule has 1 aromatic heterocycles. The number of hydrogen-bond acceptors (Lipinski definition) is 5. The van der Waals surface area contributed by atoms with E-state index in [0.29, 0.717) is 17.1 Å². The number of ether oxygens (including phenoxy) is 2. The van der Waals surface area contributed by atoms with E-state index in [4.69, 9.17) is 20.3 Å². The van der Waals surface area contributed by atoms with Gasteiger partial charge in [-0.2, -0.15) is 0 Å². The maximum Gasteiger partial charge on any atom is 0.363 e. The molecule has 0 saturated carbocycles. The van der Waals surface area contributed by atoms with Gasteiger partial charge in [-0.25, -0.2) is 9.79 Å². The summed E-state index contributed by atoms with van der Waals surface area (Å²) in [7, 11) is 0. The smallest absolute Gasteiger partial charge is 0.363 e. The van der Waals surface area contributed by atoms with E-state index >= 15 is 0 Å². The van der Waals surface area contributed by atoms with Crippen LogP contribution in [0.1, 0.15) is 11.3 Å². The van der Waals surface area contributed by atoms with Crippen LogP contribution in [0.2, 0.25) is 0 Å². The summed E-state index contributed by atoms with van der Waals surface area (Å²) in [6, 6.07) is 10.6. The molecule has 0 fully saturated rings. The van der Waals surface area contributed by atoms with E-state index in [1.54, 1.807) is 30.3 Å². The lowest BCUT2D eigenvalue weighted by Crippen LogP contribution is -2.04. The first-order valence-corrected chi connectivity index (χ1v) is 6.49. The molecule has 0 radical (unpaired) electrons. The third-order valence-corrected chi connectivity index (χ3v) is 2.87. The summed E-state index contributed by atoms with van der Waals surface area (Å²) < 4.78 is 15.7. The lowest BCUT2D eigenvalue weighted by molar-refractivity contribution is -0.130. The minimum atomic E-state index is -0.543. The number of nitrogens with zero attached hydrogens (tertiary/aromatic N) is 1. The van der Waals surface area contributed by atoms with Gasteiger partial charge in [0.2, 0.25) is 0 Å². The molecule has 1 aromatic carbocycles. The van der Waals surface area contributed by atoms with Gasteiger partial charge in [0.05, 0.1) is 6.26 Å². The van der Waals surface area contributed by atoms with Gasteiger partial charge in [-0.15, -0.1) is 6.42 Å². The van der Waals surface area contributed by atoms with E-state index < -0.39 is 5.97 Å². The lowest BCUT2D eigenvalue weighted by Gasteiger charge is -2.05. The maximum atomic E-state index is 11.9. The van der Waals surface area contributed by atoms with Crippen LogP contribution in [0, 0.1) is 12.3 Å². The topological polar surface area (TPSA) is 61.0 Å². The zero-order valence-electron chi connectivity index (χ0n) is 11.5. The van der Waals surface area contributed by atoms with Gasteiger partial charge < -0.3 is 13.9 Å². The van der Waals surface area contributed by atoms with Crippen molar-refractivity contribution >= 4 is 17.9 Å². The summed E-state index contributed by atoms with van der Waals surface area (Å²) in [6.07, 6.45) is 8.26. The van der Waals surface area contributed by atoms with Crippen molar-refractivity contribution in [3.8, 4) is 18.1 Å². The fraction of sp³-hybridized carbons (Fsp3) is 0.0588. The number of terminal acetylenes is 1. The second-order valence-electron chi connectivity index (χ2n) is 4.34. The second-order valence-corrected chi connectivity index (χ2v) is 4.34. The Labute approximate surface area is 126 Å². The van der Waals surface area contributed by atoms with Crippen molar-refractivity contribution in [1.29, 1.82) is 0 Å². The molecule has 3 rings (SSSR count). The number of furan rings is 1. The molecule has 1 aliphatic heterocycles. The van der Waals surface area contributed by atoms with Crippen LogP contribution in [0.4, 0.5) is 0 Å². The number of carbonyl (C=O) groups is 1. The maximum absolute atomic E-state index is 11.9. The third kappa shape index (κ3) is 2.76. The third-order valence-electron chi connectivity index (χ3n) is 2.87. The molecule has 2 heterocycles.